The van der Waals surface area contributed by atoms with E-state index in [2.05, 4.69) is 18.8 Å². The Morgan fingerprint density at radius 2 is 2.11 bits per heavy atom. The number of pyridine rings is 1. The van der Waals surface area contributed by atoms with Crippen molar-refractivity contribution in [2.24, 2.45) is 5.92 Å². The number of hydrogen-bond donors (Lipinski definition) is 1. The highest BCUT2D eigenvalue weighted by atomic mass is 16.3. The number of rotatable bonds is 4. The predicted molar refractivity (Wildman–Crippen MR) is 97.7 cm³/mol. The number of nitrogens with zero attached hydrogens (tertiary/aromatic N) is 4. The second-order valence-electron chi connectivity index (χ2n) is 7.37. The van der Waals surface area contributed by atoms with E-state index >= 15 is 0 Å². The van der Waals surface area contributed by atoms with E-state index in [1.165, 1.54) is 18.3 Å². The number of hydrogen-bond acceptors (Lipinski definition) is 5. The van der Waals surface area contributed by atoms with Gasteiger partial charge in [0.1, 0.15) is 12.2 Å². The maximum atomic E-state index is 13.0. The molecule has 0 saturated carbocycles. The number of aromatic nitrogens is 1. The molecule has 0 radical (unpaired) electrons. The van der Waals surface area contributed by atoms with E-state index in [9.17, 15) is 19.5 Å². The molecule has 0 aliphatic carbocycles. The van der Waals surface area contributed by atoms with E-state index in [0.717, 1.165) is 6.42 Å². The molecule has 2 aliphatic rings. The fourth-order valence-corrected chi connectivity index (χ4v) is 3.73. The van der Waals surface area contributed by atoms with Crippen molar-refractivity contribution in [1.29, 1.82) is 0 Å². The van der Waals surface area contributed by atoms with Crippen LogP contribution in [-0.4, -0.2) is 74.4 Å². The summed E-state index contributed by atoms with van der Waals surface area (Å²) in [7, 11) is 0. The van der Waals surface area contributed by atoms with Crippen molar-refractivity contribution < 1.29 is 19.5 Å². The Morgan fingerprint density at radius 3 is 2.74 bits per heavy atom. The molecule has 0 spiro atoms. The Balaban J connectivity index is 1.88. The van der Waals surface area contributed by atoms with Crippen LogP contribution in [0.4, 0.5) is 0 Å². The number of amides is 3. The number of fused-ring (bicyclic) bond motifs is 1. The van der Waals surface area contributed by atoms with Crippen LogP contribution >= 0.6 is 0 Å². The molecule has 0 bridgehead atoms. The van der Waals surface area contributed by atoms with Gasteiger partial charge in [0.05, 0.1) is 12.1 Å². The fraction of sp³-hybridized carbons (Fsp3) is 0.579. The molecule has 146 valence electrons. The average Bonchev–Trinajstić information content (AvgIpc) is 2.65. The molecule has 0 aromatic carbocycles. The highest BCUT2D eigenvalue weighted by Gasteiger charge is 2.47. The van der Waals surface area contributed by atoms with Gasteiger partial charge < -0.3 is 19.8 Å². The molecule has 2 saturated heterocycles. The molecule has 8 heteroatoms. The minimum atomic E-state index is -0.589. The van der Waals surface area contributed by atoms with E-state index in [0.29, 0.717) is 31.1 Å². The van der Waals surface area contributed by atoms with Gasteiger partial charge in [-0.1, -0.05) is 20.3 Å². The third-order valence-electron chi connectivity index (χ3n) is 5.49. The van der Waals surface area contributed by atoms with Gasteiger partial charge in [-0.15, -0.1) is 0 Å². The zero-order chi connectivity index (χ0) is 19.7. The molecule has 2 aliphatic heterocycles. The van der Waals surface area contributed by atoms with Crippen molar-refractivity contribution in [3.63, 3.8) is 0 Å². The molecule has 3 rings (SSSR count). The molecule has 27 heavy (non-hydrogen) atoms. The fourth-order valence-electron chi connectivity index (χ4n) is 3.73. The SMILES string of the molecule is CCC(C)CN1CC2N(C(=O)c3ccc(O)nc3)CCC(=O)N2[C@@H](C)C1=O. The average molecular weight is 374 g/mol. The monoisotopic (exact) mass is 374 g/mol. The zero-order valence-electron chi connectivity index (χ0n) is 16.0. The highest BCUT2D eigenvalue weighted by molar-refractivity contribution is 5.96. The lowest BCUT2D eigenvalue weighted by Crippen LogP contribution is -2.70. The molecule has 2 unspecified atom stereocenters. The normalized spacial score (nSPS) is 24.0. The van der Waals surface area contributed by atoms with E-state index < -0.39 is 12.2 Å². The summed E-state index contributed by atoms with van der Waals surface area (Å²) >= 11 is 0. The van der Waals surface area contributed by atoms with Gasteiger partial charge in [-0.3, -0.25) is 14.4 Å². The summed E-state index contributed by atoms with van der Waals surface area (Å²) in [6, 6.07) is 2.29. The number of carbonyl (C=O) groups excluding carboxylic acids is 3. The smallest absolute Gasteiger partial charge is 0.257 e. The summed E-state index contributed by atoms with van der Waals surface area (Å²) in [6.07, 6.45) is 1.99. The van der Waals surface area contributed by atoms with E-state index in [1.54, 1.807) is 21.6 Å². The van der Waals surface area contributed by atoms with Gasteiger partial charge in [-0.2, -0.15) is 0 Å². The second-order valence-corrected chi connectivity index (χ2v) is 7.37. The van der Waals surface area contributed by atoms with Crippen LogP contribution in [0.5, 0.6) is 5.88 Å². The lowest BCUT2D eigenvalue weighted by Gasteiger charge is -2.51. The number of piperazine rings is 1. The molecular formula is C19H26N4O4. The number of aromatic hydroxyl groups is 1. The summed E-state index contributed by atoms with van der Waals surface area (Å²) in [5, 5.41) is 9.34. The van der Waals surface area contributed by atoms with Gasteiger partial charge in [0.25, 0.3) is 5.91 Å². The van der Waals surface area contributed by atoms with Gasteiger partial charge >= 0.3 is 0 Å². The van der Waals surface area contributed by atoms with Crippen LogP contribution < -0.4 is 0 Å². The first-order chi connectivity index (χ1) is 12.8. The standard InChI is InChI=1S/C19H26N4O4/c1-4-12(2)10-21-11-16-22(19(27)14-5-6-15(24)20-9-14)8-7-17(25)23(16)13(3)18(21)26/h5-6,9,12-13,16H,4,7-8,10-11H2,1-3H3,(H,20,24)/t12?,13-,16?/m0/s1. The quantitative estimate of drug-likeness (QED) is 0.851. The van der Waals surface area contributed by atoms with Gasteiger partial charge in [-0.25, -0.2) is 4.98 Å². The molecule has 3 atom stereocenters. The summed E-state index contributed by atoms with van der Waals surface area (Å²) in [6.45, 7) is 7.12. The molecule has 3 amide bonds. The topological polar surface area (TPSA) is 94.1 Å². The van der Waals surface area contributed by atoms with Crippen molar-refractivity contribution >= 4 is 17.7 Å². The van der Waals surface area contributed by atoms with Crippen molar-refractivity contribution in [2.75, 3.05) is 19.6 Å². The summed E-state index contributed by atoms with van der Waals surface area (Å²) < 4.78 is 0. The molecule has 1 aromatic heterocycles. The lowest BCUT2D eigenvalue weighted by atomic mass is 10.0. The molecule has 8 nitrogen and oxygen atoms in total. The van der Waals surface area contributed by atoms with Gasteiger partial charge in [0.15, 0.2) is 0 Å². The van der Waals surface area contributed by atoms with Crippen LogP contribution in [-0.2, 0) is 9.59 Å². The maximum absolute atomic E-state index is 13.0. The van der Waals surface area contributed by atoms with E-state index in [4.69, 9.17) is 0 Å². The van der Waals surface area contributed by atoms with Gasteiger partial charge in [0, 0.05) is 31.8 Å². The molecular weight excluding hydrogens is 348 g/mol. The molecule has 1 aromatic rings. The van der Waals surface area contributed by atoms with Crippen LogP contribution in [0.3, 0.4) is 0 Å². The predicted octanol–water partition coefficient (Wildman–Crippen LogP) is 1.06. The van der Waals surface area contributed by atoms with Crippen LogP contribution in [0.2, 0.25) is 0 Å². The lowest BCUT2D eigenvalue weighted by molar-refractivity contribution is -0.166. The van der Waals surface area contributed by atoms with Crippen LogP contribution in [0, 0.1) is 5.92 Å². The first-order valence-corrected chi connectivity index (χ1v) is 9.39. The Kier molecular flexibility index (Phi) is 5.34. The van der Waals surface area contributed by atoms with Crippen LogP contribution in [0.25, 0.3) is 0 Å². The molecule has 2 fully saturated rings. The van der Waals surface area contributed by atoms with Crippen molar-refractivity contribution in [1.82, 2.24) is 19.7 Å². The van der Waals surface area contributed by atoms with Crippen molar-refractivity contribution in [2.45, 2.75) is 45.8 Å². The first-order valence-electron chi connectivity index (χ1n) is 9.39. The summed E-state index contributed by atoms with van der Waals surface area (Å²) in [4.78, 5) is 47.0. The van der Waals surface area contributed by atoms with Crippen molar-refractivity contribution in [3.05, 3.63) is 23.9 Å². The van der Waals surface area contributed by atoms with Crippen molar-refractivity contribution in [3.8, 4) is 5.88 Å². The van der Waals surface area contributed by atoms with E-state index in [1.807, 2.05) is 0 Å². The number of carbonyl (C=O) groups is 3. The third-order valence-corrected chi connectivity index (χ3v) is 5.49. The van der Waals surface area contributed by atoms with E-state index in [-0.39, 0.29) is 30.0 Å². The molecule has 1 N–H and O–H groups in total. The third kappa shape index (κ3) is 3.61. The Labute approximate surface area is 158 Å². The maximum Gasteiger partial charge on any atom is 0.257 e. The zero-order valence-corrected chi connectivity index (χ0v) is 16.0. The Hall–Kier alpha value is -2.64. The first kappa shape index (κ1) is 19.1. The summed E-state index contributed by atoms with van der Waals surface area (Å²) in [5.41, 5.74) is 0.347. The van der Waals surface area contributed by atoms with Gasteiger partial charge in [-0.05, 0) is 18.9 Å². The minimum absolute atomic E-state index is 0.0690. The Bertz CT molecular complexity index is 736. The minimum Gasteiger partial charge on any atom is -0.493 e. The Morgan fingerprint density at radius 1 is 1.37 bits per heavy atom. The summed E-state index contributed by atoms with van der Waals surface area (Å²) in [5.74, 6) is -0.233. The van der Waals surface area contributed by atoms with Crippen LogP contribution in [0.15, 0.2) is 18.3 Å². The molecule has 3 heterocycles. The van der Waals surface area contributed by atoms with Gasteiger partial charge in [0.2, 0.25) is 17.7 Å². The van der Waals surface area contributed by atoms with Crippen LogP contribution in [0.1, 0.15) is 44.0 Å². The second kappa shape index (κ2) is 7.54. The highest BCUT2D eigenvalue weighted by Crippen LogP contribution is 2.27. The largest absolute Gasteiger partial charge is 0.493 e.